The topological polar surface area (TPSA) is 66.5 Å². The molecule has 1 aliphatic rings. The van der Waals surface area contributed by atoms with Gasteiger partial charge in [-0.25, -0.2) is 8.42 Å². The van der Waals surface area contributed by atoms with Gasteiger partial charge < -0.3 is 5.32 Å². The lowest BCUT2D eigenvalue weighted by Gasteiger charge is -2.36. The van der Waals surface area contributed by atoms with E-state index in [4.69, 9.17) is 0 Å². The van der Waals surface area contributed by atoms with Crippen molar-refractivity contribution in [1.29, 1.82) is 0 Å². The van der Waals surface area contributed by atoms with Crippen LogP contribution in [0.4, 0.5) is 0 Å². The predicted octanol–water partition coefficient (Wildman–Crippen LogP) is 3.65. The molecule has 1 N–H and O–H groups in total. The summed E-state index contributed by atoms with van der Waals surface area (Å²) < 4.78 is 28.9. The summed E-state index contributed by atoms with van der Waals surface area (Å²) in [6, 6.07) is 13.9. The summed E-state index contributed by atoms with van der Waals surface area (Å²) in [4.78, 5) is 12.6. The van der Waals surface area contributed by atoms with Crippen molar-refractivity contribution in [3.63, 3.8) is 0 Å². The van der Waals surface area contributed by atoms with Gasteiger partial charge in [-0.05, 0) is 48.2 Å². The average molecular weight is 451 g/mol. The SMILES string of the molecule is CCCNC(=O)C[C@@H]1c2ccccc2CCN1S(=O)(=O)c1ccc(Br)cc1. The normalized spacial score (nSPS) is 17.3. The first-order valence-corrected chi connectivity index (χ1v) is 11.3. The van der Waals surface area contributed by atoms with E-state index in [1.54, 1.807) is 24.3 Å². The second kappa shape index (κ2) is 8.54. The third kappa shape index (κ3) is 4.42. The highest BCUT2D eigenvalue weighted by atomic mass is 79.9. The molecule has 1 aliphatic heterocycles. The number of hydrogen-bond donors (Lipinski definition) is 1. The fourth-order valence-electron chi connectivity index (χ4n) is 3.38. The minimum atomic E-state index is -3.70. The third-order valence-electron chi connectivity index (χ3n) is 4.73. The lowest BCUT2D eigenvalue weighted by Crippen LogP contribution is -2.42. The van der Waals surface area contributed by atoms with Crippen LogP contribution in [-0.2, 0) is 21.2 Å². The number of sulfonamides is 1. The Morgan fingerprint density at radius 1 is 1.19 bits per heavy atom. The zero-order chi connectivity index (χ0) is 19.4. The van der Waals surface area contributed by atoms with Crippen LogP contribution in [0.3, 0.4) is 0 Å². The summed E-state index contributed by atoms with van der Waals surface area (Å²) in [5.74, 6) is -0.130. The van der Waals surface area contributed by atoms with Crippen molar-refractivity contribution in [3.05, 3.63) is 64.1 Å². The van der Waals surface area contributed by atoms with E-state index in [2.05, 4.69) is 21.2 Å². The van der Waals surface area contributed by atoms with Gasteiger partial charge in [-0.15, -0.1) is 0 Å². The summed E-state index contributed by atoms with van der Waals surface area (Å²) >= 11 is 3.34. The second-order valence-electron chi connectivity index (χ2n) is 6.59. The van der Waals surface area contributed by atoms with Crippen LogP contribution in [0.5, 0.6) is 0 Å². The van der Waals surface area contributed by atoms with E-state index in [1.165, 1.54) is 4.31 Å². The fraction of sp³-hybridized carbons (Fsp3) is 0.350. The Balaban J connectivity index is 1.97. The fourth-order valence-corrected chi connectivity index (χ4v) is 5.25. The standard InChI is InChI=1S/C20H23BrN2O3S/c1-2-12-22-20(24)14-19-18-6-4-3-5-15(18)11-13-23(19)27(25,26)17-9-7-16(21)8-10-17/h3-10,19H,2,11-14H2,1H3,(H,22,24)/t19-/m1/s1. The molecule has 144 valence electrons. The number of nitrogens with one attached hydrogen (secondary N) is 1. The maximum Gasteiger partial charge on any atom is 0.243 e. The first kappa shape index (κ1) is 20.0. The number of rotatable bonds is 6. The second-order valence-corrected chi connectivity index (χ2v) is 9.39. The molecular weight excluding hydrogens is 428 g/mol. The molecule has 0 saturated heterocycles. The molecule has 2 aromatic carbocycles. The maximum atomic E-state index is 13.3. The van der Waals surface area contributed by atoms with Crippen LogP contribution in [-0.4, -0.2) is 31.7 Å². The van der Waals surface area contributed by atoms with E-state index >= 15 is 0 Å². The smallest absolute Gasteiger partial charge is 0.243 e. The Morgan fingerprint density at radius 3 is 2.59 bits per heavy atom. The van der Waals surface area contributed by atoms with E-state index in [9.17, 15) is 13.2 Å². The number of fused-ring (bicyclic) bond motifs is 1. The first-order valence-electron chi connectivity index (χ1n) is 9.05. The molecule has 0 radical (unpaired) electrons. The van der Waals surface area contributed by atoms with Crippen molar-refractivity contribution in [2.24, 2.45) is 0 Å². The van der Waals surface area contributed by atoms with Gasteiger partial charge in [-0.1, -0.05) is 47.1 Å². The molecule has 7 heteroatoms. The molecule has 0 spiro atoms. The Morgan fingerprint density at radius 2 is 1.89 bits per heavy atom. The zero-order valence-electron chi connectivity index (χ0n) is 15.2. The van der Waals surface area contributed by atoms with Crippen molar-refractivity contribution in [3.8, 4) is 0 Å². The van der Waals surface area contributed by atoms with Gasteiger partial charge in [0.2, 0.25) is 15.9 Å². The molecule has 0 aromatic heterocycles. The van der Waals surface area contributed by atoms with Crippen molar-refractivity contribution < 1.29 is 13.2 Å². The Hall–Kier alpha value is -1.70. The Bertz CT molecular complexity index is 913. The Labute approximate surface area is 169 Å². The lowest BCUT2D eigenvalue weighted by molar-refractivity contribution is -0.122. The van der Waals surface area contributed by atoms with Crippen LogP contribution < -0.4 is 5.32 Å². The van der Waals surface area contributed by atoms with Gasteiger partial charge in [0.15, 0.2) is 0 Å². The maximum absolute atomic E-state index is 13.3. The van der Waals surface area contributed by atoms with Gasteiger partial charge in [-0.3, -0.25) is 4.79 Å². The minimum Gasteiger partial charge on any atom is -0.356 e. The third-order valence-corrected chi connectivity index (χ3v) is 7.19. The number of benzene rings is 2. The number of nitrogens with zero attached hydrogens (tertiary/aromatic N) is 1. The quantitative estimate of drug-likeness (QED) is 0.729. The summed E-state index contributed by atoms with van der Waals surface area (Å²) in [5.41, 5.74) is 2.02. The van der Waals surface area contributed by atoms with Gasteiger partial charge in [-0.2, -0.15) is 4.31 Å². The van der Waals surface area contributed by atoms with Crippen LogP contribution in [0.15, 0.2) is 57.9 Å². The van der Waals surface area contributed by atoms with E-state index < -0.39 is 16.1 Å². The summed E-state index contributed by atoms with van der Waals surface area (Å²) in [6.07, 6.45) is 1.60. The van der Waals surface area contributed by atoms with Crippen LogP contribution >= 0.6 is 15.9 Å². The monoisotopic (exact) mass is 450 g/mol. The van der Waals surface area contributed by atoms with E-state index in [0.29, 0.717) is 19.5 Å². The average Bonchev–Trinajstić information content (AvgIpc) is 2.66. The number of amides is 1. The summed E-state index contributed by atoms with van der Waals surface area (Å²) in [7, 11) is -3.70. The molecule has 0 fully saturated rings. The highest BCUT2D eigenvalue weighted by molar-refractivity contribution is 9.10. The summed E-state index contributed by atoms with van der Waals surface area (Å²) in [6.45, 7) is 2.94. The Kier molecular flexibility index (Phi) is 6.34. The van der Waals surface area contributed by atoms with E-state index in [1.807, 2.05) is 31.2 Å². The molecular formula is C20H23BrN2O3S. The molecule has 0 unspecified atom stereocenters. The highest BCUT2D eigenvalue weighted by Gasteiger charge is 2.37. The summed E-state index contributed by atoms with van der Waals surface area (Å²) in [5, 5.41) is 2.86. The van der Waals surface area contributed by atoms with Gasteiger partial charge >= 0.3 is 0 Å². The van der Waals surface area contributed by atoms with E-state index in [-0.39, 0.29) is 17.2 Å². The van der Waals surface area contributed by atoms with E-state index in [0.717, 1.165) is 22.0 Å². The van der Waals surface area contributed by atoms with Crippen LogP contribution in [0.1, 0.15) is 36.9 Å². The van der Waals surface area contributed by atoms with Gasteiger partial charge in [0.1, 0.15) is 0 Å². The molecule has 5 nitrogen and oxygen atoms in total. The molecule has 1 heterocycles. The first-order chi connectivity index (χ1) is 12.9. The highest BCUT2D eigenvalue weighted by Crippen LogP contribution is 2.36. The van der Waals surface area contributed by atoms with Crippen molar-refractivity contribution in [2.75, 3.05) is 13.1 Å². The molecule has 1 amide bonds. The lowest BCUT2D eigenvalue weighted by atomic mass is 9.92. The predicted molar refractivity (Wildman–Crippen MR) is 109 cm³/mol. The van der Waals surface area contributed by atoms with Gasteiger partial charge in [0, 0.05) is 24.0 Å². The van der Waals surface area contributed by atoms with Gasteiger partial charge in [0.05, 0.1) is 10.9 Å². The molecule has 1 atom stereocenters. The number of carbonyl (C=O) groups excluding carboxylic acids is 1. The number of hydrogen-bond acceptors (Lipinski definition) is 3. The number of carbonyl (C=O) groups is 1. The van der Waals surface area contributed by atoms with Crippen LogP contribution in [0.25, 0.3) is 0 Å². The zero-order valence-corrected chi connectivity index (χ0v) is 17.6. The van der Waals surface area contributed by atoms with Gasteiger partial charge in [0.25, 0.3) is 0 Å². The van der Waals surface area contributed by atoms with Crippen LogP contribution in [0.2, 0.25) is 0 Å². The van der Waals surface area contributed by atoms with Crippen molar-refractivity contribution in [1.82, 2.24) is 9.62 Å². The molecule has 0 bridgehead atoms. The minimum absolute atomic E-state index is 0.118. The molecule has 2 aromatic rings. The number of halogens is 1. The molecule has 0 saturated carbocycles. The van der Waals surface area contributed by atoms with Crippen molar-refractivity contribution >= 4 is 31.9 Å². The van der Waals surface area contributed by atoms with Crippen LogP contribution in [0, 0.1) is 0 Å². The van der Waals surface area contributed by atoms with Crippen molar-refractivity contribution in [2.45, 2.75) is 37.1 Å². The molecule has 0 aliphatic carbocycles. The largest absolute Gasteiger partial charge is 0.356 e. The molecule has 27 heavy (non-hydrogen) atoms. The molecule has 3 rings (SSSR count).